The average molecular weight is 425 g/mol. The maximum absolute atomic E-state index is 11.6. The molecule has 0 saturated heterocycles. The number of thioether (sulfide) groups is 1. The van der Waals surface area contributed by atoms with Gasteiger partial charge in [-0.25, -0.2) is 4.98 Å². The number of rotatable bonds is 10. The molecule has 2 rings (SSSR count). The lowest BCUT2D eigenvalue weighted by Crippen LogP contribution is -2.33. The van der Waals surface area contributed by atoms with Gasteiger partial charge in [0.05, 0.1) is 36.5 Å². The van der Waals surface area contributed by atoms with Crippen LogP contribution >= 0.6 is 23.1 Å². The van der Waals surface area contributed by atoms with Crippen LogP contribution in [0, 0.1) is 5.92 Å². The highest BCUT2D eigenvalue weighted by atomic mass is 32.2. The SMILES string of the molecule is C=C(C)C1=NC(c2nc(/C=C/C(OC)C(C)C(CC(=O)OC)OC)cs2)CS1. The Morgan fingerprint density at radius 1 is 1.39 bits per heavy atom. The Morgan fingerprint density at radius 2 is 2.14 bits per heavy atom. The minimum Gasteiger partial charge on any atom is -0.469 e. The van der Waals surface area contributed by atoms with Crippen molar-refractivity contribution in [3.8, 4) is 0 Å². The van der Waals surface area contributed by atoms with E-state index in [4.69, 9.17) is 24.2 Å². The summed E-state index contributed by atoms with van der Waals surface area (Å²) in [4.78, 5) is 21.0. The fraction of sp³-hybridized carbons (Fsp3) is 0.550. The van der Waals surface area contributed by atoms with Crippen molar-refractivity contribution in [1.82, 2.24) is 4.98 Å². The van der Waals surface area contributed by atoms with Crippen LogP contribution in [0.5, 0.6) is 0 Å². The van der Waals surface area contributed by atoms with E-state index in [1.807, 2.05) is 31.4 Å². The number of aromatic nitrogens is 1. The van der Waals surface area contributed by atoms with Crippen LogP contribution in [0.25, 0.3) is 6.08 Å². The van der Waals surface area contributed by atoms with Crippen LogP contribution in [0.2, 0.25) is 0 Å². The second-order valence-electron chi connectivity index (χ2n) is 6.62. The van der Waals surface area contributed by atoms with Gasteiger partial charge in [-0.15, -0.1) is 23.1 Å². The highest BCUT2D eigenvalue weighted by molar-refractivity contribution is 8.14. The molecule has 28 heavy (non-hydrogen) atoms. The summed E-state index contributed by atoms with van der Waals surface area (Å²) in [6.07, 6.45) is 3.58. The van der Waals surface area contributed by atoms with Crippen molar-refractivity contribution < 1.29 is 19.0 Å². The highest BCUT2D eigenvalue weighted by Gasteiger charge is 2.27. The smallest absolute Gasteiger partial charge is 0.308 e. The number of hydrogen-bond acceptors (Lipinski definition) is 8. The highest BCUT2D eigenvalue weighted by Crippen LogP contribution is 2.34. The molecule has 0 radical (unpaired) electrons. The second-order valence-corrected chi connectivity index (χ2v) is 8.52. The van der Waals surface area contributed by atoms with E-state index in [0.29, 0.717) is 0 Å². The molecule has 0 fully saturated rings. The van der Waals surface area contributed by atoms with Gasteiger partial charge in [0, 0.05) is 31.3 Å². The second kappa shape index (κ2) is 10.9. The summed E-state index contributed by atoms with van der Waals surface area (Å²) in [6.45, 7) is 7.92. The molecule has 0 N–H and O–H groups in total. The molecular formula is C20H28N2O4S2. The van der Waals surface area contributed by atoms with E-state index in [1.54, 1.807) is 37.3 Å². The number of nitrogens with zero attached hydrogens (tertiary/aromatic N) is 2. The molecule has 0 aliphatic carbocycles. The Hall–Kier alpha value is -1.48. The molecule has 0 bridgehead atoms. The van der Waals surface area contributed by atoms with Gasteiger partial charge < -0.3 is 14.2 Å². The van der Waals surface area contributed by atoms with Crippen molar-refractivity contribution in [3.63, 3.8) is 0 Å². The summed E-state index contributed by atoms with van der Waals surface area (Å²) in [5.41, 5.74) is 1.88. The van der Waals surface area contributed by atoms with Crippen molar-refractivity contribution in [3.05, 3.63) is 34.3 Å². The van der Waals surface area contributed by atoms with E-state index in [-0.39, 0.29) is 36.6 Å². The summed E-state index contributed by atoms with van der Waals surface area (Å²) in [5.74, 6) is 0.572. The predicted molar refractivity (Wildman–Crippen MR) is 116 cm³/mol. The third-order valence-corrected chi connectivity index (χ3v) is 6.75. The normalized spacial score (nSPS) is 20.0. The number of methoxy groups -OCH3 is 3. The van der Waals surface area contributed by atoms with Gasteiger partial charge in [0.1, 0.15) is 11.0 Å². The third kappa shape index (κ3) is 6.01. The van der Waals surface area contributed by atoms with Crippen molar-refractivity contribution in [2.45, 2.75) is 38.5 Å². The zero-order valence-corrected chi connectivity index (χ0v) is 18.6. The number of carbonyl (C=O) groups excluding carboxylic acids is 1. The molecule has 1 aliphatic rings. The molecule has 4 atom stereocenters. The Labute approximate surface area is 175 Å². The molecule has 1 aliphatic heterocycles. The lowest BCUT2D eigenvalue weighted by Gasteiger charge is -2.26. The fourth-order valence-electron chi connectivity index (χ4n) is 2.87. The molecular weight excluding hydrogens is 396 g/mol. The van der Waals surface area contributed by atoms with Gasteiger partial charge in [0.15, 0.2) is 0 Å². The number of esters is 1. The van der Waals surface area contributed by atoms with Gasteiger partial charge in [0.25, 0.3) is 0 Å². The first-order valence-corrected chi connectivity index (χ1v) is 10.9. The Morgan fingerprint density at radius 3 is 2.71 bits per heavy atom. The van der Waals surface area contributed by atoms with Gasteiger partial charge in [-0.1, -0.05) is 19.6 Å². The number of carbonyl (C=O) groups is 1. The van der Waals surface area contributed by atoms with Crippen LogP contribution in [0.3, 0.4) is 0 Å². The summed E-state index contributed by atoms with van der Waals surface area (Å²) in [7, 11) is 4.61. The van der Waals surface area contributed by atoms with E-state index < -0.39 is 0 Å². The van der Waals surface area contributed by atoms with Gasteiger partial charge in [-0.2, -0.15) is 0 Å². The van der Waals surface area contributed by atoms with Crippen LogP contribution in [-0.2, 0) is 19.0 Å². The standard InChI is InChI=1S/C20H28N2O4S2/c1-12(2)19-22-15(11-28-19)20-21-14(10-27-20)7-8-16(24-4)13(3)17(25-5)9-18(23)26-6/h7-8,10,13,15-17H,1,9,11H2,2-6H3/b8-7+. The lowest BCUT2D eigenvalue weighted by atomic mass is 9.95. The van der Waals surface area contributed by atoms with Gasteiger partial charge in [-0.05, 0) is 18.6 Å². The van der Waals surface area contributed by atoms with Gasteiger partial charge in [-0.3, -0.25) is 9.79 Å². The predicted octanol–water partition coefficient (Wildman–Crippen LogP) is 4.15. The van der Waals surface area contributed by atoms with E-state index in [1.165, 1.54) is 7.11 Å². The first kappa shape index (κ1) is 22.8. The molecule has 2 heterocycles. The Kier molecular flexibility index (Phi) is 8.88. The van der Waals surface area contributed by atoms with Crippen LogP contribution in [0.15, 0.2) is 28.6 Å². The number of thiazole rings is 1. The van der Waals surface area contributed by atoms with Crippen molar-refractivity contribution in [2.24, 2.45) is 10.9 Å². The van der Waals surface area contributed by atoms with E-state index in [9.17, 15) is 4.79 Å². The molecule has 6 nitrogen and oxygen atoms in total. The molecule has 0 aromatic carbocycles. The van der Waals surface area contributed by atoms with E-state index >= 15 is 0 Å². The summed E-state index contributed by atoms with van der Waals surface area (Å²) < 4.78 is 15.8. The molecule has 0 spiro atoms. The topological polar surface area (TPSA) is 70.0 Å². The summed E-state index contributed by atoms with van der Waals surface area (Å²) in [6, 6.07) is 0.0962. The van der Waals surface area contributed by atoms with Crippen LogP contribution < -0.4 is 0 Å². The summed E-state index contributed by atoms with van der Waals surface area (Å²) >= 11 is 3.34. The molecule has 1 aromatic rings. The van der Waals surface area contributed by atoms with E-state index in [2.05, 4.69) is 6.58 Å². The van der Waals surface area contributed by atoms with E-state index in [0.717, 1.165) is 27.1 Å². The van der Waals surface area contributed by atoms with Crippen LogP contribution in [-0.4, -0.2) is 55.3 Å². The first-order chi connectivity index (χ1) is 13.4. The lowest BCUT2D eigenvalue weighted by molar-refractivity contribution is -0.145. The summed E-state index contributed by atoms with van der Waals surface area (Å²) in [5, 5.41) is 4.04. The van der Waals surface area contributed by atoms with Crippen molar-refractivity contribution in [2.75, 3.05) is 27.1 Å². The molecule has 8 heteroatoms. The Balaban J connectivity index is 2.04. The number of hydrogen-bond donors (Lipinski definition) is 0. The fourth-order valence-corrected chi connectivity index (χ4v) is 4.79. The van der Waals surface area contributed by atoms with Gasteiger partial charge in [0.2, 0.25) is 0 Å². The molecule has 4 unspecified atom stereocenters. The van der Waals surface area contributed by atoms with Crippen molar-refractivity contribution in [1.29, 1.82) is 0 Å². The number of ether oxygens (including phenoxy) is 3. The minimum atomic E-state index is -0.300. The third-order valence-electron chi connectivity index (χ3n) is 4.57. The minimum absolute atomic E-state index is 0.0302. The zero-order chi connectivity index (χ0) is 20.7. The Bertz CT molecular complexity index is 744. The maximum atomic E-state index is 11.6. The number of aliphatic imine (C=N–C) groups is 1. The monoisotopic (exact) mass is 424 g/mol. The van der Waals surface area contributed by atoms with Crippen molar-refractivity contribution >= 4 is 40.2 Å². The van der Waals surface area contributed by atoms with Crippen LogP contribution in [0.1, 0.15) is 37.0 Å². The maximum Gasteiger partial charge on any atom is 0.308 e. The molecule has 0 amide bonds. The quantitative estimate of drug-likeness (QED) is 0.526. The molecule has 154 valence electrons. The van der Waals surface area contributed by atoms with Crippen LogP contribution in [0.4, 0.5) is 0 Å². The first-order valence-electron chi connectivity index (χ1n) is 9.02. The zero-order valence-electron chi connectivity index (χ0n) is 17.0. The van der Waals surface area contributed by atoms with Gasteiger partial charge >= 0.3 is 5.97 Å². The largest absolute Gasteiger partial charge is 0.469 e. The molecule has 0 saturated carbocycles. The molecule has 1 aromatic heterocycles. The average Bonchev–Trinajstić information content (AvgIpc) is 3.35.